The summed E-state index contributed by atoms with van der Waals surface area (Å²) in [6.45, 7) is 5.45. The van der Waals surface area contributed by atoms with Crippen molar-refractivity contribution in [1.82, 2.24) is 20.0 Å². The number of likely N-dealkylation sites (N-methyl/N-ethyl adjacent to an activating group) is 1. The van der Waals surface area contributed by atoms with E-state index in [1.807, 2.05) is 30.3 Å². The number of hydrogen-bond acceptors (Lipinski definition) is 8. The lowest BCUT2D eigenvalue weighted by Gasteiger charge is -2.39. The Labute approximate surface area is 224 Å². The van der Waals surface area contributed by atoms with Crippen molar-refractivity contribution in [3.05, 3.63) is 65.7 Å². The molecular weight excluding hydrogens is 484 g/mol. The summed E-state index contributed by atoms with van der Waals surface area (Å²) in [5.74, 6) is -1.48. The van der Waals surface area contributed by atoms with Gasteiger partial charge in [-0.05, 0) is 50.1 Å². The molecule has 1 aliphatic heterocycles. The molecule has 0 aliphatic carbocycles. The molecule has 0 saturated carbocycles. The first kappa shape index (κ1) is 29.2. The summed E-state index contributed by atoms with van der Waals surface area (Å²) in [7, 11) is 2.08. The minimum Gasteiger partial charge on any atom is -0.508 e. The highest BCUT2D eigenvalue weighted by molar-refractivity contribution is 5.99. The first-order valence-electron chi connectivity index (χ1n) is 13.0. The fourth-order valence-electron chi connectivity index (χ4n) is 4.54. The molecule has 206 valence electrons. The predicted octanol–water partition coefficient (Wildman–Crippen LogP) is -0.0607. The highest BCUT2D eigenvalue weighted by atomic mass is 16.3. The molecule has 3 rings (SSSR count). The van der Waals surface area contributed by atoms with E-state index in [1.165, 1.54) is 17.0 Å². The molecule has 3 amide bonds. The van der Waals surface area contributed by atoms with Crippen molar-refractivity contribution in [2.24, 2.45) is 11.5 Å². The standard InChI is InChI=1S/C28H40N6O4/c1-20(29)28(38)34(19-26(36)31-27(37)25(30)17-22-8-10-24(35)11-9-22)23(16-21-6-4-3-5-7-21)18-33-14-12-32(2)13-15-33/h3-11,20,23,25,35H,12-19,29-30H2,1-2H3,(H,31,36,37)/t20-,23?,25+/m1/s1. The molecule has 1 heterocycles. The van der Waals surface area contributed by atoms with Gasteiger partial charge in [-0.2, -0.15) is 0 Å². The molecule has 1 fully saturated rings. The van der Waals surface area contributed by atoms with Crippen LogP contribution in [0.4, 0.5) is 0 Å². The van der Waals surface area contributed by atoms with E-state index in [1.54, 1.807) is 19.1 Å². The molecule has 2 aromatic rings. The van der Waals surface area contributed by atoms with Crippen LogP contribution < -0.4 is 16.8 Å². The average molecular weight is 525 g/mol. The quantitative estimate of drug-likeness (QED) is 0.320. The SMILES string of the molecule is C[C@@H](N)C(=O)N(CC(=O)NC(=O)[C@@H](N)Cc1ccc(O)cc1)C(Cc1ccccc1)CN1CCN(C)CC1. The summed E-state index contributed by atoms with van der Waals surface area (Å²) in [4.78, 5) is 45.0. The van der Waals surface area contributed by atoms with Crippen molar-refractivity contribution in [3.63, 3.8) is 0 Å². The van der Waals surface area contributed by atoms with E-state index in [9.17, 15) is 19.5 Å². The molecule has 38 heavy (non-hydrogen) atoms. The van der Waals surface area contributed by atoms with Crippen LogP contribution in [0.3, 0.4) is 0 Å². The summed E-state index contributed by atoms with van der Waals surface area (Å²) in [6, 6.07) is 14.1. The van der Waals surface area contributed by atoms with Gasteiger partial charge in [-0.1, -0.05) is 42.5 Å². The van der Waals surface area contributed by atoms with E-state index in [0.717, 1.165) is 37.3 Å². The number of carbonyl (C=O) groups is 3. The Morgan fingerprint density at radius 2 is 1.55 bits per heavy atom. The fraction of sp³-hybridized carbons (Fsp3) is 0.464. The van der Waals surface area contributed by atoms with Crippen molar-refractivity contribution < 1.29 is 19.5 Å². The van der Waals surface area contributed by atoms with Gasteiger partial charge >= 0.3 is 0 Å². The second-order valence-corrected chi connectivity index (χ2v) is 10.1. The average Bonchev–Trinajstić information content (AvgIpc) is 2.89. The van der Waals surface area contributed by atoms with Crippen molar-refractivity contribution in [2.45, 2.75) is 37.9 Å². The Morgan fingerprint density at radius 1 is 0.947 bits per heavy atom. The summed E-state index contributed by atoms with van der Waals surface area (Å²) in [5, 5.41) is 11.8. The predicted molar refractivity (Wildman–Crippen MR) is 146 cm³/mol. The number of phenols is 1. The zero-order chi connectivity index (χ0) is 27.7. The van der Waals surface area contributed by atoms with Crippen LogP contribution in [-0.4, -0.2) is 102 Å². The van der Waals surface area contributed by atoms with E-state index in [2.05, 4.69) is 22.2 Å². The highest BCUT2D eigenvalue weighted by Gasteiger charge is 2.31. The largest absolute Gasteiger partial charge is 0.508 e. The monoisotopic (exact) mass is 524 g/mol. The summed E-state index contributed by atoms with van der Waals surface area (Å²) in [5.41, 5.74) is 13.8. The third kappa shape index (κ3) is 8.91. The van der Waals surface area contributed by atoms with E-state index < -0.39 is 23.9 Å². The molecule has 0 radical (unpaired) electrons. The van der Waals surface area contributed by atoms with Crippen LogP contribution in [0.15, 0.2) is 54.6 Å². The Morgan fingerprint density at radius 3 is 2.16 bits per heavy atom. The number of nitrogens with one attached hydrogen (secondary N) is 1. The molecule has 0 aromatic heterocycles. The molecule has 3 atom stereocenters. The van der Waals surface area contributed by atoms with Gasteiger partial charge in [0.25, 0.3) is 0 Å². The van der Waals surface area contributed by atoms with Gasteiger partial charge < -0.3 is 26.4 Å². The van der Waals surface area contributed by atoms with Gasteiger partial charge in [0.15, 0.2) is 0 Å². The topological polar surface area (TPSA) is 145 Å². The Kier molecular flexibility index (Phi) is 10.8. The molecule has 10 nitrogen and oxygen atoms in total. The van der Waals surface area contributed by atoms with Crippen LogP contribution >= 0.6 is 0 Å². The molecular formula is C28H40N6O4. The van der Waals surface area contributed by atoms with Crippen LogP contribution in [0.25, 0.3) is 0 Å². The van der Waals surface area contributed by atoms with E-state index in [4.69, 9.17) is 11.5 Å². The van der Waals surface area contributed by atoms with E-state index in [0.29, 0.717) is 13.0 Å². The zero-order valence-corrected chi connectivity index (χ0v) is 22.3. The number of benzene rings is 2. The smallest absolute Gasteiger partial charge is 0.246 e. The number of hydrogen-bond donors (Lipinski definition) is 4. The molecule has 6 N–H and O–H groups in total. The van der Waals surface area contributed by atoms with Gasteiger partial charge in [-0.15, -0.1) is 0 Å². The van der Waals surface area contributed by atoms with Crippen LogP contribution in [0, 0.1) is 0 Å². The van der Waals surface area contributed by atoms with E-state index >= 15 is 0 Å². The maximum atomic E-state index is 13.3. The number of nitrogens with zero attached hydrogens (tertiary/aromatic N) is 3. The Hall–Kier alpha value is -3.31. The van der Waals surface area contributed by atoms with Crippen molar-refractivity contribution in [2.75, 3.05) is 46.3 Å². The number of rotatable bonds is 11. The van der Waals surface area contributed by atoms with Gasteiger partial charge in [0.05, 0.1) is 12.1 Å². The second kappa shape index (κ2) is 14.0. The molecule has 0 spiro atoms. The molecule has 0 bridgehead atoms. The molecule has 2 aromatic carbocycles. The normalized spacial score (nSPS) is 16.8. The first-order chi connectivity index (χ1) is 18.1. The third-order valence-electron chi connectivity index (χ3n) is 6.80. The van der Waals surface area contributed by atoms with E-state index in [-0.39, 0.29) is 30.7 Å². The molecule has 1 saturated heterocycles. The fourth-order valence-corrected chi connectivity index (χ4v) is 4.54. The lowest BCUT2D eigenvalue weighted by atomic mass is 10.0. The van der Waals surface area contributed by atoms with Gasteiger partial charge in [0.2, 0.25) is 17.7 Å². The maximum Gasteiger partial charge on any atom is 0.246 e. The Balaban J connectivity index is 1.72. The number of amides is 3. The molecule has 1 aliphatic rings. The summed E-state index contributed by atoms with van der Waals surface area (Å²) >= 11 is 0. The minimum atomic E-state index is -0.966. The van der Waals surface area contributed by atoms with Gasteiger partial charge in [-0.3, -0.25) is 24.6 Å². The highest BCUT2D eigenvalue weighted by Crippen LogP contribution is 2.14. The number of imide groups is 1. The Bertz CT molecular complexity index is 1050. The number of aromatic hydroxyl groups is 1. The van der Waals surface area contributed by atoms with Crippen molar-refractivity contribution in [3.8, 4) is 5.75 Å². The minimum absolute atomic E-state index is 0.113. The lowest BCUT2D eigenvalue weighted by molar-refractivity contribution is -0.141. The van der Waals surface area contributed by atoms with Gasteiger partial charge in [0, 0.05) is 38.8 Å². The molecule has 10 heteroatoms. The number of carbonyl (C=O) groups excluding carboxylic acids is 3. The third-order valence-corrected chi connectivity index (χ3v) is 6.80. The van der Waals surface area contributed by atoms with Crippen LogP contribution in [0.5, 0.6) is 5.75 Å². The first-order valence-corrected chi connectivity index (χ1v) is 13.0. The maximum absolute atomic E-state index is 13.3. The van der Waals surface area contributed by atoms with Gasteiger partial charge in [0.1, 0.15) is 12.3 Å². The summed E-state index contributed by atoms with van der Waals surface area (Å²) < 4.78 is 0. The van der Waals surface area contributed by atoms with Crippen molar-refractivity contribution >= 4 is 17.7 Å². The number of phenolic OH excluding ortho intramolecular Hbond substituents is 1. The molecule has 1 unspecified atom stereocenters. The van der Waals surface area contributed by atoms with Crippen molar-refractivity contribution in [1.29, 1.82) is 0 Å². The van der Waals surface area contributed by atoms with Crippen LogP contribution in [0.2, 0.25) is 0 Å². The number of piperazine rings is 1. The summed E-state index contributed by atoms with van der Waals surface area (Å²) in [6.07, 6.45) is 0.745. The number of nitrogens with two attached hydrogens (primary N) is 2. The second-order valence-electron chi connectivity index (χ2n) is 10.1. The van der Waals surface area contributed by atoms with Gasteiger partial charge in [-0.25, -0.2) is 0 Å². The lowest BCUT2D eigenvalue weighted by Crippen LogP contribution is -2.57. The van der Waals surface area contributed by atoms with Crippen LogP contribution in [-0.2, 0) is 27.2 Å². The zero-order valence-electron chi connectivity index (χ0n) is 22.3. The van der Waals surface area contributed by atoms with Crippen LogP contribution in [0.1, 0.15) is 18.1 Å².